The second-order valence-electron chi connectivity index (χ2n) is 4.64. The standard InChI is InChI=1S/C11H18O4/c1-7(2)11(9(12)14-4)10(15-11)6-5-8(10)13-3/h7-8H,5-6H2,1-4H3. The number of methoxy groups -OCH3 is 2. The molecule has 0 aromatic carbocycles. The van der Waals surface area contributed by atoms with Gasteiger partial charge in [-0.1, -0.05) is 13.8 Å². The molecule has 1 saturated heterocycles. The maximum atomic E-state index is 11.8. The van der Waals surface area contributed by atoms with E-state index in [0.29, 0.717) is 0 Å². The molecule has 15 heavy (non-hydrogen) atoms. The third-order valence-corrected chi connectivity index (χ3v) is 3.81. The third kappa shape index (κ3) is 1.06. The van der Waals surface area contributed by atoms with E-state index in [1.807, 2.05) is 13.8 Å². The number of carbonyl (C=O) groups excluding carboxylic acids is 1. The fourth-order valence-corrected chi connectivity index (χ4v) is 2.84. The molecule has 0 radical (unpaired) electrons. The van der Waals surface area contributed by atoms with Gasteiger partial charge >= 0.3 is 5.97 Å². The van der Waals surface area contributed by atoms with E-state index in [2.05, 4.69) is 0 Å². The molecule has 4 heteroatoms. The summed E-state index contributed by atoms with van der Waals surface area (Å²) in [6.45, 7) is 3.97. The molecule has 0 N–H and O–H groups in total. The van der Waals surface area contributed by atoms with Crippen molar-refractivity contribution in [3.63, 3.8) is 0 Å². The molecular weight excluding hydrogens is 196 g/mol. The first-order valence-corrected chi connectivity index (χ1v) is 5.36. The van der Waals surface area contributed by atoms with E-state index in [0.717, 1.165) is 12.8 Å². The fourth-order valence-electron chi connectivity index (χ4n) is 2.84. The van der Waals surface area contributed by atoms with Crippen LogP contribution in [0.2, 0.25) is 0 Å². The summed E-state index contributed by atoms with van der Waals surface area (Å²) in [5.74, 6) is -0.151. The molecule has 0 bridgehead atoms. The van der Waals surface area contributed by atoms with Gasteiger partial charge in [0.2, 0.25) is 0 Å². The minimum absolute atomic E-state index is 0.0407. The molecule has 3 unspecified atom stereocenters. The van der Waals surface area contributed by atoms with Crippen LogP contribution in [0.25, 0.3) is 0 Å². The summed E-state index contributed by atoms with van der Waals surface area (Å²) in [6, 6.07) is 0. The van der Waals surface area contributed by atoms with Gasteiger partial charge < -0.3 is 14.2 Å². The van der Waals surface area contributed by atoms with Gasteiger partial charge in [0.15, 0.2) is 5.60 Å². The molecule has 0 aromatic rings. The molecule has 3 atom stereocenters. The summed E-state index contributed by atoms with van der Waals surface area (Å²) >= 11 is 0. The summed E-state index contributed by atoms with van der Waals surface area (Å²) in [6.07, 6.45) is 1.89. The lowest BCUT2D eigenvalue weighted by Gasteiger charge is -2.36. The number of hydrogen-bond donors (Lipinski definition) is 0. The van der Waals surface area contributed by atoms with Crippen molar-refractivity contribution in [1.82, 2.24) is 0 Å². The Hall–Kier alpha value is -0.610. The lowest BCUT2D eigenvalue weighted by Crippen LogP contribution is -2.52. The van der Waals surface area contributed by atoms with Crippen LogP contribution >= 0.6 is 0 Å². The Bertz CT molecular complexity index is 286. The Morgan fingerprint density at radius 1 is 1.47 bits per heavy atom. The van der Waals surface area contributed by atoms with Gasteiger partial charge in [0.1, 0.15) is 5.60 Å². The van der Waals surface area contributed by atoms with Crippen LogP contribution < -0.4 is 0 Å². The molecule has 4 nitrogen and oxygen atoms in total. The van der Waals surface area contributed by atoms with Crippen LogP contribution in [-0.4, -0.2) is 37.5 Å². The predicted molar refractivity (Wildman–Crippen MR) is 53.4 cm³/mol. The van der Waals surface area contributed by atoms with Gasteiger partial charge in [-0.25, -0.2) is 4.79 Å². The number of rotatable bonds is 3. The molecule has 1 saturated carbocycles. The average Bonchev–Trinajstić information content (AvgIpc) is 2.89. The normalized spacial score (nSPS) is 42.9. The second kappa shape index (κ2) is 3.19. The molecule has 1 spiro atoms. The van der Waals surface area contributed by atoms with E-state index in [4.69, 9.17) is 14.2 Å². The molecule has 86 valence electrons. The largest absolute Gasteiger partial charge is 0.467 e. The molecule has 2 fully saturated rings. The fraction of sp³-hybridized carbons (Fsp3) is 0.909. The van der Waals surface area contributed by atoms with E-state index < -0.39 is 11.2 Å². The van der Waals surface area contributed by atoms with E-state index >= 15 is 0 Å². The number of ether oxygens (including phenoxy) is 3. The zero-order valence-electron chi connectivity index (χ0n) is 9.70. The van der Waals surface area contributed by atoms with Gasteiger partial charge in [-0.15, -0.1) is 0 Å². The van der Waals surface area contributed by atoms with E-state index in [9.17, 15) is 4.79 Å². The first-order chi connectivity index (χ1) is 7.05. The van der Waals surface area contributed by atoms with Gasteiger partial charge in [0.05, 0.1) is 13.2 Å². The maximum Gasteiger partial charge on any atom is 0.341 e. The summed E-state index contributed by atoms with van der Waals surface area (Å²) in [5.41, 5.74) is -1.16. The van der Waals surface area contributed by atoms with Crippen LogP contribution in [0.4, 0.5) is 0 Å². The minimum Gasteiger partial charge on any atom is -0.467 e. The van der Waals surface area contributed by atoms with Crippen LogP contribution in [0.1, 0.15) is 26.7 Å². The lowest BCUT2D eigenvalue weighted by molar-refractivity contribution is -0.149. The maximum absolute atomic E-state index is 11.8. The monoisotopic (exact) mass is 214 g/mol. The Kier molecular flexibility index (Phi) is 2.32. The molecule has 1 aliphatic heterocycles. The number of epoxide rings is 1. The summed E-state index contributed by atoms with van der Waals surface area (Å²) < 4.78 is 15.9. The second-order valence-corrected chi connectivity index (χ2v) is 4.64. The van der Waals surface area contributed by atoms with Crippen molar-refractivity contribution in [3.8, 4) is 0 Å². The van der Waals surface area contributed by atoms with Gasteiger partial charge in [-0.3, -0.25) is 0 Å². The van der Waals surface area contributed by atoms with Crippen molar-refractivity contribution >= 4 is 5.97 Å². The number of esters is 1. The van der Waals surface area contributed by atoms with Crippen molar-refractivity contribution in [2.45, 2.75) is 44.0 Å². The summed E-state index contributed by atoms with van der Waals surface area (Å²) in [4.78, 5) is 11.8. The summed E-state index contributed by atoms with van der Waals surface area (Å²) in [5, 5.41) is 0. The van der Waals surface area contributed by atoms with E-state index in [1.165, 1.54) is 7.11 Å². The van der Waals surface area contributed by atoms with Crippen molar-refractivity contribution in [2.24, 2.45) is 5.92 Å². The van der Waals surface area contributed by atoms with E-state index in [1.54, 1.807) is 7.11 Å². The molecule has 1 aliphatic carbocycles. The molecule has 1 heterocycles. The zero-order chi connectivity index (χ0) is 11.3. The van der Waals surface area contributed by atoms with Crippen LogP contribution in [0.15, 0.2) is 0 Å². The van der Waals surface area contributed by atoms with E-state index in [-0.39, 0.29) is 18.0 Å². The summed E-state index contributed by atoms with van der Waals surface area (Å²) in [7, 11) is 3.07. The van der Waals surface area contributed by atoms with Crippen LogP contribution in [-0.2, 0) is 19.0 Å². The van der Waals surface area contributed by atoms with Crippen LogP contribution in [0.3, 0.4) is 0 Å². The highest BCUT2D eigenvalue weighted by Crippen LogP contribution is 2.64. The SMILES string of the molecule is COC(=O)C1(C(C)C)OC12CCC2OC. The third-order valence-electron chi connectivity index (χ3n) is 3.81. The van der Waals surface area contributed by atoms with Crippen molar-refractivity contribution < 1.29 is 19.0 Å². The van der Waals surface area contributed by atoms with Gasteiger partial charge in [0.25, 0.3) is 0 Å². The zero-order valence-corrected chi connectivity index (χ0v) is 9.70. The molecule has 2 aliphatic rings. The van der Waals surface area contributed by atoms with Crippen LogP contribution in [0, 0.1) is 5.92 Å². The Morgan fingerprint density at radius 2 is 2.13 bits per heavy atom. The first-order valence-electron chi connectivity index (χ1n) is 5.36. The quantitative estimate of drug-likeness (QED) is 0.522. The highest BCUT2D eigenvalue weighted by atomic mass is 16.7. The average molecular weight is 214 g/mol. The molecular formula is C11H18O4. The van der Waals surface area contributed by atoms with Gasteiger partial charge in [-0.2, -0.15) is 0 Å². The highest BCUT2D eigenvalue weighted by Gasteiger charge is 2.83. The minimum atomic E-state index is -0.763. The molecule has 0 amide bonds. The Morgan fingerprint density at radius 3 is 2.47 bits per heavy atom. The van der Waals surface area contributed by atoms with Crippen molar-refractivity contribution in [3.05, 3.63) is 0 Å². The topological polar surface area (TPSA) is 48.1 Å². The van der Waals surface area contributed by atoms with Crippen LogP contribution in [0.5, 0.6) is 0 Å². The van der Waals surface area contributed by atoms with Gasteiger partial charge in [-0.05, 0) is 18.8 Å². The number of hydrogen-bond acceptors (Lipinski definition) is 4. The highest BCUT2D eigenvalue weighted by molar-refractivity contribution is 5.86. The lowest BCUT2D eigenvalue weighted by atomic mass is 9.69. The Labute approximate surface area is 89.9 Å². The molecule has 0 aromatic heterocycles. The molecule has 2 rings (SSSR count). The first kappa shape index (κ1) is 10.9. The van der Waals surface area contributed by atoms with Crippen molar-refractivity contribution in [2.75, 3.05) is 14.2 Å². The van der Waals surface area contributed by atoms with Crippen molar-refractivity contribution in [1.29, 1.82) is 0 Å². The Balaban J connectivity index is 2.23. The van der Waals surface area contributed by atoms with Gasteiger partial charge in [0, 0.05) is 7.11 Å². The number of carbonyl (C=O) groups is 1. The predicted octanol–water partition coefficient (Wildman–Crippen LogP) is 1.13. The smallest absolute Gasteiger partial charge is 0.341 e.